The minimum absolute atomic E-state index is 0.183. The van der Waals surface area contributed by atoms with Crippen molar-refractivity contribution in [3.8, 4) is 0 Å². The van der Waals surface area contributed by atoms with Gasteiger partial charge >= 0.3 is 0 Å². The molecule has 0 aromatic heterocycles. The maximum Gasteiger partial charge on any atom is 0.272 e. The highest BCUT2D eigenvalue weighted by atomic mass is 19.3. The second-order valence-electron chi connectivity index (χ2n) is 4.51. The summed E-state index contributed by atoms with van der Waals surface area (Å²) in [5.41, 5.74) is 5.02. The smallest absolute Gasteiger partial charge is 0.272 e. The van der Waals surface area contributed by atoms with Crippen LogP contribution in [0.15, 0.2) is 0 Å². The molecule has 0 radical (unpaired) electrons. The monoisotopic (exact) mass is 206 g/mol. The molecule has 4 heteroatoms. The summed E-state index contributed by atoms with van der Waals surface area (Å²) < 4.78 is 26.1. The number of hydrogen-bond acceptors (Lipinski definition) is 2. The van der Waals surface area contributed by atoms with Crippen LogP contribution in [0.5, 0.6) is 0 Å². The van der Waals surface area contributed by atoms with Crippen LogP contribution in [0.25, 0.3) is 0 Å². The first kappa shape index (κ1) is 11.9. The van der Waals surface area contributed by atoms with Gasteiger partial charge in [-0.25, -0.2) is 8.78 Å². The van der Waals surface area contributed by atoms with Crippen LogP contribution in [0.1, 0.15) is 26.7 Å². The Morgan fingerprint density at radius 2 is 2.07 bits per heavy atom. The van der Waals surface area contributed by atoms with Gasteiger partial charge in [0.05, 0.1) is 13.1 Å². The Morgan fingerprint density at radius 1 is 1.43 bits per heavy atom. The summed E-state index contributed by atoms with van der Waals surface area (Å²) in [4.78, 5) is 1.85. The van der Waals surface area contributed by atoms with Crippen LogP contribution < -0.4 is 5.73 Å². The highest BCUT2D eigenvalue weighted by Gasteiger charge is 2.33. The van der Waals surface area contributed by atoms with E-state index >= 15 is 0 Å². The van der Waals surface area contributed by atoms with Crippen molar-refractivity contribution in [1.29, 1.82) is 0 Å². The van der Waals surface area contributed by atoms with Crippen LogP contribution in [0.3, 0.4) is 0 Å². The average molecular weight is 206 g/mol. The van der Waals surface area contributed by atoms with Crippen molar-refractivity contribution in [2.45, 2.75) is 38.7 Å². The van der Waals surface area contributed by atoms with E-state index in [2.05, 4.69) is 6.92 Å². The van der Waals surface area contributed by atoms with Crippen molar-refractivity contribution < 1.29 is 8.78 Å². The summed E-state index contributed by atoms with van der Waals surface area (Å²) in [6.45, 7) is 4.23. The zero-order valence-electron chi connectivity index (χ0n) is 8.97. The van der Waals surface area contributed by atoms with Crippen LogP contribution in [0, 0.1) is 5.92 Å². The van der Waals surface area contributed by atoms with Crippen molar-refractivity contribution >= 4 is 0 Å². The van der Waals surface area contributed by atoms with Crippen molar-refractivity contribution in [2.24, 2.45) is 11.7 Å². The van der Waals surface area contributed by atoms with E-state index in [4.69, 9.17) is 5.73 Å². The van der Waals surface area contributed by atoms with Gasteiger partial charge < -0.3 is 5.73 Å². The summed E-state index contributed by atoms with van der Waals surface area (Å²) in [5, 5.41) is 0. The zero-order valence-corrected chi connectivity index (χ0v) is 8.97. The normalized spacial score (nSPS) is 30.6. The van der Waals surface area contributed by atoms with E-state index < -0.39 is 12.5 Å². The van der Waals surface area contributed by atoms with Gasteiger partial charge in [0.25, 0.3) is 5.92 Å². The first-order valence-corrected chi connectivity index (χ1v) is 5.26. The molecule has 2 N–H and O–H groups in total. The lowest BCUT2D eigenvalue weighted by Gasteiger charge is -2.38. The van der Waals surface area contributed by atoms with E-state index in [9.17, 15) is 8.78 Å². The third-order valence-corrected chi connectivity index (χ3v) is 3.01. The predicted octanol–water partition coefficient (Wildman–Crippen LogP) is 1.70. The van der Waals surface area contributed by atoms with Gasteiger partial charge in [-0.1, -0.05) is 6.92 Å². The van der Waals surface area contributed by atoms with E-state index in [1.54, 1.807) is 0 Å². The van der Waals surface area contributed by atoms with E-state index in [-0.39, 0.29) is 12.6 Å². The third-order valence-electron chi connectivity index (χ3n) is 3.01. The summed E-state index contributed by atoms with van der Waals surface area (Å²) in [6, 6.07) is 0.260. The van der Waals surface area contributed by atoms with Crippen molar-refractivity contribution in [3.63, 3.8) is 0 Å². The molecule has 1 saturated heterocycles. The molecule has 14 heavy (non-hydrogen) atoms. The first-order valence-electron chi connectivity index (χ1n) is 5.26. The molecule has 84 valence electrons. The number of hydrogen-bond donors (Lipinski definition) is 1. The Balaban J connectivity index is 2.45. The fourth-order valence-electron chi connectivity index (χ4n) is 2.05. The molecule has 0 aliphatic carbocycles. The zero-order chi connectivity index (χ0) is 10.8. The van der Waals surface area contributed by atoms with Gasteiger partial charge in [-0.2, -0.15) is 0 Å². The molecular formula is C10H20F2N2. The number of alkyl halides is 2. The van der Waals surface area contributed by atoms with Gasteiger partial charge in [0.15, 0.2) is 0 Å². The second-order valence-corrected chi connectivity index (χ2v) is 4.51. The average Bonchev–Trinajstić information content (AvgIpc) is 2.10. The predicted molar refractivity (Wildman–Crippen MR) is 53.4 cm³/mol. The molecule has 1 heterocycles. The van der Waals surface area contributed by atoms with Gasteiger partial charge in [-0.15, -0.1) is 0 Å². The highest BCUT2D eigenvalue weighted by molar-refractivity contribution is 4.81. The Hall–Kier alpha value is -0.220. The molecule has 0 aromatic carbocycles. The van der Waals surface area contributed by atoms with Crippen LogP contribution in [0.2, 0.25) is 0 Å². The number of nitrogens with zero attached hydrogens (tertiary/aromatic N) is 1. The molecule has 0 saturated carbocycles. The van der Waals surface area contributed by atoms with Crippen molar-refractivity contribution in [3.05, 3.63) is 0 Å². The summed E-state index contributed by atoms with van der Waals surface area (Å²) in [7, 11) is 0. The van der Waals surface area contributed by atoms with E-state index in [1.807, 2.05) is 11.8 Å². The number of halogens is 2. The second kappa shape index (κ2) is 4.53. The Kier molecular flexibility index (Phi) is 3.84. The van der Waals surface area contributed by atoms with Crippen molar-refractivity contribution in [1.82, 2.24) is 4.90 Å². The van der Waals surface area contributed by atoms with Gasteiger partial charge in [0.1, 0.15) is 0 Å². The van der Waals surface area contributed by atoms with Crippen molar-refractivity contribution in [2.75, 3.05) is 19.6 Å². The molecule has 0 spiro atoms. The minimum Gasteiger partial charge on any atom is -0.325 e. The number of rotatable bonds is 3. The fourth-order valence-corrected chi connectivity index (χ4v) is 2.05. The maximum atomic E-state index is 13.0. The Bertz CT molecular complexity index is 185. The van der Waals surface area contributed by atoms with Crippen LogP contribution in [0.4, 0.5) is 8.78 Å². The highest BCUT2D eigenvalue weighted by Crippen LogP contribution is 2.25. The summed E-state index contributed by atoms with van der Waals surface area (Å²) in [6.07, 6.45) is 2.03. The molecule has 1 rings (SSSR count). The van der Waals surface area contributed by atoms with Gasteiger partial charge in [-0.05, 0) is 32.2 Å². The molecule has 2 atom stereocenters. The quantitative estimate of drug-likeness (QED) is 0.761. The largest absolute Gasteiger partial charge is 0.325 e. The molecule has 2 nitrogen and oxygen atoms in total. The lowest BCUT2D eigenvalue weighted by atomic mass is 9.93. The van der Waals surface area contributed by atoms with Crippen LogP contribution in [-0.2, 0) is 0 Å². The van der Waals surface area contributed by atoms with E-state index in [0.717, 1.165) is 19.4 Å². The molecule has 1 aliphatic heterocycles. The lowest BCUT2D eigenvalue weighted by Crippen LogP contribution is -2.48. The number of piperidine rings is 1. The Labute approximate surface area is 84.4 Å². The summed E-state index contributed by atoms with van der Waals surface area (Å²) in [5.74, 6) is -2.07. The third kappa shape index (κ3) is 3.17. The standard InChI is InChI=1S/C10H20F2N2/c1-8-3-4-14(9(2)5-8)7-10(11,12)6-13/h8-9H,3-7,13H2,1-2H3. The number of likely N-dealkylation sites (tertiary alicyclic amines) is 1. The molecule has 1 aliphatic rings. The molecule has 0 bridgehead atoms. The first-order chi connectivity index (χ1) is 6.44. The molecule has 0 amide bonds. The summed E-state index contributed by atoms with van der Waals surface area (Å²) >= 11 is 0. The lowest BCUT2D eigenvalue weighted by molar-refractivity contribution is -0.0427. The van der Waals surface area contributed by atoms with Gasteiger partial charge in [0.2, 0.25) is 0 Å². The van der Waals surface area contributed by atoms with Gasteiger partial charge in [0, 0.05) is 6.04 Å². The van der Waals surface area contributed by atoms with E-state index in [1.165, 1.54) is 0 Å². The van der Waals surface area contributed by atoms with Gasteiger partial charge in [-0.3, -0.25) is 4.90 Å². The Morgan fingerprint density at radius 3 is 2.57 bits per heavy atom. The maximum absolute atomic E-state index is 13.0. The molecule has 0 aromatic rings. The van der Waals surface area contributed by atoms with Crippen LogP contribution >= 0.6 is 0 Å². The topological polar surface area (TPSA) is 29.3 Å². The molecular weight excluding hydrogens is 186 g/mol. The van der Waals surface area contributed by atoms with E-state index in [0.29, 0.717) is 5.92 Å². The minimum atomic E-state index is -2.73. The number of nitrogens with two attached hydrogens (primary N) is 1. The SMILES string of the molecule is CC1CCN(CC(F)(F)CN)C(C)C1. The van der Waals surface area contributed by atoms with Crippen LogP contribution in [-0.4, -0.2) is 36.5 Å². The fraction of sp³-hybridized carbons (Fsp3) is 1.00. The molecule has 1 fully saturated rings. The molecule has 2 unspecified atom stereocenters.